The van der Waals surface area contributed by atoms with Gasteiger partial charge in [0.05, 0.1) is 23.8 Å². The summed E-state index contributed by atoms with van der Waals surface area (Å²) in [5, 5.41) is 12.6. The number of aliphatic hydroxyl groups excluding tert-OH is 1. The maximum absolute atomic E-state index is 12.8. The molecule has 3 aromatic carbocycles. The number of nitrogens with zero attached hydrogens (tertiary/aromatic N) is 2. The molecule has 0 atom stereocenters. The topological polar surface area (TPSA) is 73.0 Å². The van der Waals surface area contributed by atoms with Crippen molar-refractivity contribution >= 4 is 45.4 Å². The predicted octanol–water partition coefficient (Wildman–Crippen LogP) is 7.61. The van der Waals surface area contributed by atoms with Crippen LogP contribution < -0.4 is 4.74 Å². The van der Waals surface area contributed by atoms with E-state index in [9.17, 15) is 9.90 Å². The third-order valence-corrected chi connectivity index (χ3v) is 7.32. The van der Waals surface area contributed by atoms with Crippen molar-refractivity contribution in [2.75, 3.05) is 13.2 Å². The van der Waals surface area contributed by atoms with E-state index in [1.54, 1.807) is 6.92 Å². The summed E-state index contributed by atoms with van der Waals surface area (Å²) in [6.45, 7) is 5.39. The lowest BCUT2D eigenvalue weighted by atomic mass is 10.1. The van der Waals surface area contributed by atoms with E-state index in [-0.39, 0.29) is 17.9 Å². The number of thioether (sulfide) groups is 1. The summed E-state index contributed by atoms with van der Waals surface area (Å²) < 4.78 is 13.3. The molecule has 1 aromatic heterocycles. The fraction of sp³-hybridized carbons (Fsp3) is 0.188. The molecule has 0 saturated heterocycles. The van der Waals surface area contributed by atoms with Crippen molar-refractivity contribution in [2.24, 2.45) is 4.99 Å². The first-order valence-electron chi connectivity index (χ1n) is 12.9. The van der Waals surface area contributed by atoms with Crippen LogP contribution in [-0.4, -0.2) is 33.9 Å². The van der Waals surface area contributed by atoms with Crippen molar-refractivity contribution in [3.8, 4) is 5.75 Å². The second-order valence-electron chi connectivity index (χ2n) is 9.12. The number of fused-ring (bicyclic) bond motifs is 1. The molecule has 7 heteroatoms. The highest BCUT2D eigenvalue weighted by Crippen LogP contribution is 2.41. The van der Waals surface area contributed by atoms with Gasteiger partial charge in [0.2, 0.25) is 0 Å². The van der Waals surface area contributed by atoms with Crippen LogP contribution in [0.15, 0.2) is 106 Å². The number of ether oxygens (including phenoxy) is 2. The van der Waals surface area contributed by atoms with Crippen LogP contribution in [0.4, 0.5) is 5.69 Å². The van der Waals surface area contributed by atoms with E-state index < -0.39 is 5.97 Å². The van der Waals surface area contributed by atoms with Crippen molar-refractivity contribution in [3.63, 3.8) is 0 Å². The quantitative estimate of drug-likeness (QED) is 0.175. The van der Waals surface area contributed by atoms with E-state index in [4.69, 9.17) is 9.47 Å². The Kier molecular flexibility index (Phi) is 8.18. The van der Waals surface area contributed by atoms with Gasteiger partial charge in [-0.2, -0.15) is 0 Å². The van der Waals surface area contributed by atoms with Gasteiger partial charge in [0.15, 0.2) is 0 Å². The summed E-state index contributed by atoms with van der Waals surface area (Å²) in [4.78, 5) is 17.9. The largest absolute Gasteiger partial charge is 0.506 e. The first kappa shape index (κ1) is 26.4. The Labute approximate surface area is 232 Å². The van der Waals surface area contributed by atoms with Crippen molar-refractivity contribution in [1.82, 2.24) is 4.57 Å². The molecule has 0 amide bonds. The normalized spacial score (nSPS) is 15.4. The molecule has 5 rings (SSSR count). The molecule has 1 N–H and O–H groups in total. The maximum atomic E-state index is 12.8. The lowest BCUT2D eigenvalue weighted by Gasteiger charge is -2.08. The minimum atomic E-state index is -0.586. The number of aliphatic imine (C=N–C) groups is 1. The van der Waals surface area contributed by atoms with Crippen molar-refractivity contribution < 1.29 is 19.4 Å². The number of hydrogen-bond donors (Lipinski definition) is 1. The van der Waals surface area contributed by atoms with Gasteiger partial charge < -0.3 is 19.1 Å². The second kappa shape index (κ2) is 12.1. The molecule has 39 heavy (non-hydrogen) atoms. The third-order valence-electron chi connectivity index (χ3n) is 6.30. The van der Waals surface area contributed by atoms with Crippen molar-refractivity contribution in [1.29, 1.82) is 0 Å². The minimum Gasteiger partial charge on any atom is -0.506 e. The molecule has 0 fully saturated rings. The number of aryl methyl sites for hydroxylation is 2. The molecule has 4 aromatic rings. The number of rotatable bonds is 9. The summed E-state index contributed by atoms with van der Waals surface area (Å²) in [5.74, 6) is 0.169. The lowest BCUT2D eigenvalue weighted by molar-refractivity contribution is -0.138. The van der Waals surface area contributed by atoms with E-state index >= 15 is 0 Å². The number of para-hydroxylation sites is 2. The summed E-state index contributed by atoms with van der Waals surface area (Å²) in [5.41, 5.74) is 4.03. The predicted molar refractivity (Wildman–Crippen MR) is 159 cm³/mol. The van der Waals surface area contributed by atoms with E-state index in [1.807, 2.05) is 72.8 Å². The molecule has 1 aliphatic rings. The van der Waals surface area contributed by atoms with Gasteiger partial charge in [-0.25, -0.2) is 9.79 Å². The smallest absolute Gasteiger partial charge is 0.344 e. The Morgan fingerprint density at radius 2 is 1.77 bits per heavy atom. The zero-order valence-electron chi connectivity index (χ0n) is 22.0. The van der Waals surface area contributed by atoms with Gasteiger partial charge in [-0.15, -0.1) is 0 Å². The molecule has 0 saturated carbocycles. The lowest BCUT2D eigenvalue weighted by Crippen LogP contribution is -2.12. The molecule has 6 nitrogen and oxygen atoms in total. The number of hydrogen-bond acceptors (Lipinski definition) is 6. The Morgan fingerprint density at radius 1 is 1.03 bits per heavy atom. The van der Waals surface area contributed by atoms with Gasteiger partial charge in [0.1, 0.15) is 22.1 Å². The molecule has 0 spiro atoms. The van der Waals surface area contributed by atoms with E-state index in [0.29, 0.717) is 22.2 Å². The SMILES string of the molecule is CCOC(=O)C1=C(O)/C(=C/c2cn(CCCOc3ccc(C)cc3)c3ccccc23)SC1=Nc1ccccc1. The molecule has 0 radical (unpaired) electrons. The highest BCUT2D eigenvalue weighted by atomic mass is 32.2. The molecule has 1 aliphatic heterocycles. The summed E-state index contributed by atoms with van der Waals surface area (Å²) in [6, 6.07) is 25.6. The van der Waals surface area contributed by atoms with Gasteiger partial charge in [-0.05, 0) is 56.7 Å². The molecular weight excluding hydrogens is 508 g/mol. The number of esters is 1. The van der Waals surface area contributed by atoms with Crippen LogP contribution in [0.3, 0.4) is 0 Å². The summed E-state index contributed by atoms with van der Waals surface area (Å²) in [7, 11) is 0. The first-order chi connectivity index (χ1) is 19.0. The maximum Gasteiger partial charge on any atom is 0.344 e. The fourth-order valence-electron chi connectivity index (χ4n) is 4.39. The van der Waals surface area contributed by atoms with Gasteiger partial charge in [0.25, 0.3) is 0 Å². The Bertz CT molecular complexity index is 1570. The number of carbonyl (C=O) groups is 1. The number of carbonyl (C=O) groups excluding carboxylic acids is 1. The van der Waals surface area contributed by atoms with Crippen LogP contribution in [-0.2, 0) is 16.1 Å². The van der Waals surface area contributed by atoms with E-state index in [2.05, 4.69) is 34.8 Å². The van der Waals surface area contributed by atoms with Gasteiger partial charge >= 0.3 is 5.97 Å². The molecule has 2 heterocycles. The van der Waals surface area contributed by atoms with Crippen LogP contribution in [0.25, 0.3) is 17.0 Å². The average molecular weight is 539 g/mol. The van der Waals surface area contributed by atoms with Crippen molar-refractivity contribution in [3.05, 3.63) is 112 Å². The molecule has 0 bridgehead atoms. The van der Waals surface area contributed by atoms with Gasteiger partial charge in [-0.1, -0.05) is 65.9 Å². The zero-order chi connectivity index (χ0) is 27.2. The zero-order valence-corrected chi connectivity index (χ0v) is 22.8. The van der Waals surface area contributed by atoms with Crippen LogP contribution in [0.2, 0.25) is 0 Å². The Balaban J connectivity index is 1.41. The highest BCUT2D eigenvalue weighted by molar-refractivity contribution is 8.18. The third kappa shape index (κ3) is 6.10. The average Bonchev–Trinajstić information content (AvgIpc) is 3.45. The van der Waals surface area contributed by atoms with Gasteiger partial charge in [-0.3, -0.25) is 0 Å². The summed E-state index contributed by atoms with van der Waals surface area (Å²) >= 11 is 1.27. The molecule has 0 aliphatic carbocycles. The van der Waals surface area contributed by atoms with Crippen molar-refractivity contribution in [2.45, 2.75) is 26.8 Å². The molecule has 0 unspecified atom stereocenters. The summed E-state index contributed by atoms with van der Waals surface area (Å²) in [6.07, 6.45) is 4.82. The first-order valence-corrected chi connectivity index (χ1v) is 13.8. The van der Waals surface area contributed by atoms with Crippen LogP contribution in [0.5, 0.6) is 5.75 Å². The van der Waals surface area contributed by atoms with Crippen LogP contribution in [0.1, 0.15) is 24.5 Å². The number of benzene rings is 3. The minimum absolute atomic E-state index is 0.0916. The molecule has 198 valence electrons. The molecular formula is C32H30N2O4S. The fourth-order valence-corrected chi connectivity index (χ4v) is 5.41. The van der Waals surface area contributed by atoms with E-state index in [0.717, 1.165) is 35.2 Å². The van der Waals surface area contributed by atoms with Crippen LogP contribution in [0, 0.1) is 6.92 Å². The Hall–Kier alpha value is -4.23. The van der Waals surface area contributed by atoms with E-state index in [1.165, 1.54) is 17.3 Å². The second-order valence-corrected chi connectivity index (χ2v) is 10.1. The monoisotopic (exact) mass is 538 g/mol. The highest BCUT2D eigenvalue weighted by Gasteiger charge is 2.33. The number of aromatic nitrogens is 1. The van der Waals surface area contributed by atoms with Crippen LogP contribution >= 0.6 is 11.8 Å². The standard InChI is InChI=1S/C32H30N2O4S/c1-3-37-32(36)29-30(35)28(39-31(29)33-24-10-5-4-6-11-24)20-23-21-34(27-13-8-7-12-26(23)27)18-9-19-38-25-16-14-22(2)15-17-25/h4-8,10-17,20-21,35H,3,9,18-19H2,1-2H3/b28-20-,33-31?. The number of aliphatic hydroxyl groups is 1. The Morgan fingerprint density at radius 3 is 2.54 bits per heavy atom. The van der Waals surface area contributed by atoms with Gasteiger partial charge in [0, 0.05) is 29.2 Å².